The van der Waals surface area contributed by atoms with Gasteiger partial charge in [-0.15, -0.1) is 24.8 Å². The van der Waals surface area contributed by atoms with Crippen LogP contribution < -0.4 is 15.5 Å². The average Bonchev–Trinajstić information content (AvgIpc) is 2.90. The van der Waals surface area contributed by atoms with Crippen LogP contribution in [0.5, 0.6) is 0 Å². The quantitative estimate of drug-likeness (QED) is 0.867. The molecule has 2 rings (SSSR count). The van der Waals surface area contributed by atoms with Crippen LogP contribution in [0.15, 0.2) is 18.3 Å². The first kappa shape index (κ1) is 20.0. The Balaban J connectivity index is 0.00000200. The molecular formula is C14H24Cl2N4O. The van der Waals surface area contributed by atoms with Gasteiger partial charge in [0.15, 0.2) is 0 Å². The summed E-state index contributed by atoms with van der Waals surface area (Å²) in [5.41, 5.74) is 0.813. The average molecular weight is 335 g/mol. The summed E-state index contributed by atoms with van der Waals surface area (Å²) in [5.74, 6) is 1.58. The maximum absolute atomic E-state index is 11.9. The molecule has 0 aliphatic carbocycles. The van der Waals surface area contributed by atoms with Gasteiger partial charge in [-0.1, -0.05) is 0 Å². The minimum atomic E-state index is 0. The molecule has 1 fully saturated rings. The second-order valence-electron chi connectivity index (χ2n) is 5.24. The van der Waals surface area contributed by atoms with Crippen molar-refractivity contribution in [1.82, 2.24) is 10.3 Å². The van der Waals surface area contributed by atoms with Crippen LogP contribution in [-0.2, 0) is 4.79 Å². The molecular weight excluding hydrogens is 311 g/mol. The summed E-state index contributed by atoms with van der Waals surface area (Å²) in [6.07, 6.45) is 4.45. The first-order chi connectivity index (χ1) is 9.15. The van der Waals surface area contributed by atoms with E-state index in [-0.39, 0.29) is 30.7 Å². The Bertz CT molecular complexity index is 437. The maximum atomic E-state index is 11.9. The maximum Gasteiger partial charge on any atom is 0.224 e. The summed E-state index contributed by atoms with van der Waals surface area (Å²) in [7, 11) is 3.86. The number of nitrogens with one attached hydrogen (secondary N) is 2. The zero-order valence-electron chi connectivity index (χ0n) is 12.5. The summed E-state index contributed by atoms with van der Waals surface area (Å²) >= 11 is 0. The predicted octanol–water partition coefficient (Wildman–Crippen LogP) is 2.32. The van der Waals surface area contributed by atoms with Crippen molar-refractivity contribution in [3.05, 3.63) is 18.3 Å². The highest BCUT2D eigenvalue weighted by Gasteiger charge is 2.15. The van der Waals surface area contributed by atoms with Crippen molar-refractivity contribution in [3.8, 4) is 0 Å². The molecule has 0 aromatic carbocycles. The van der Waals surface area contributed by atoms with E-state index in [1.165, 1.54) is 6.42 Å². The number of rotatable bonds is 5. The Morgan fingerprint density at radius 1 is 1.48 bits per heavy atom. The fourth-order valence-corrected chi connectivity index (χ4v) is 2.26. The molecule has 0 radical (unpaired) electrons. The second-order valence-corrected chi connectivity index (χ2v) is 5.24. The highest BCUT2D eigenvalue weighted by atomic mass is 35.5. The molecule has 120 valence electrons. The zero-order valence-corrected chi connectivity index (χ0v) is 14.1. The van der Waals surface area contributed by atoms with Gasteiger partial charge in [0, 0.05) is 38.5 Å². The number of amides is 1. The molecule has 1 saturated heterocycles. The standard InChI is InChI=1S/C14H22N4O.2ClH/c1-18(2)13-9-12(6-8-16-13)17-14(19)4-3-11-5-7-15-10-11;;/h6,8-9,11,15H,3-5,7,10H2,1-2H3,(H,16,17,19);2*1H. The van der Waals surface area contributed by atoms with Crippen LogP contribution >= 0.6 is 24.8 Å². The Morgan fingerprint density at radius 3 is 2.86 bits per heavy atom. The molecule has 1 aromatic rings. The van der Waals surface area contributed by atoms with Gasteiger partial charge in [0.2, 0.25) is 5.91 Å². The van der Waals surface area contributed by atoms with E-state index in [4.69, 9.17) is 0 Å². The van der Waals surface area contributed by atoms with Gasteiger partial charge in [-0.05, 0) is 37.9 Å². The van der Waals surface area contributed by atoms with Crippen LogP contribution in [0.3, 0.4) is 0 Å². The molecule has 2 heterocycles. The molecule has 1 unspecified atom stereocenters. The summed E-state index contributed by atoms with van der Waals surface area (Å²) in [6, 6.07) is 3.71. The molecule has 1 amide bonds. The molecule has 5 nitrogen and oxygen atoms in total. The largest absolute Gasteiger partial charge is 0.363 e. The molecule has 0 spiro atoms. The number of pyridine rings is 1. The molecule has 21 heavy (non-hydrogen) atoms. The van der Waals surface area contributed by atoms with E-state index in [2.05, 4.69) is 15.6 Å². The van der Waals surface area contributed by atoms with Crippen molar-refractivity contribution in [2.24, 2.45) is 5.92 Å². The van der Waals surface area contributed by atoms with E-state index in [1.807, 2.05) is 31.1 Å². The third-order valence-corrected chi connectivity index (χ3v) is 3.43. The Kier molecular flexibility index (Phi) is 9.33. The van der Waals surface area contributed by atoms with Gasteiger partial charge in [0.25, 0.3) is 0 Å². The van der Waals surface area contributed by atoms with Crippen LogP contribution in [-0.4, -0.2) is 38.1 Å². The van der Waals surface area contributed by atoms with Gasteiger partial charge in [-0.3, -0.25) is 4.79 Å². The third kappa shape index (κ3) is 6.50. The van der Waals surface area contributed by atoms with E-state index in [0.29, 0.717) is 12.3 Å². The molecule has 1 aliphatic rings. The molecule has 2 N–H and O–H groups in total. The van der Waals surface area contributed by atoms with Gasteiger partial charge < -0.3 is 15.5 Å². The van der Waals surface area contributed by atoms with E-state index in [1.54, 1.807) is 6.20 Å². The number of nitrogens with zero attached hydrogens (tertiary/aromatic N) is 2. The topological polar surface area (TPSA) is 57.3 Å². The lowest BCUT2D eigenvalue weighted by Gasteiger charge is -2.13. The van der Waals surface area contributed by atoms with Gasteiger partial charge in [-0.2, -0.15) is 0 Å². The van der Waals surface area contributed by atoms with Crippen molar-refractivity contribution in [3.63, 3.8) is 0 Å². The Hall–Kier alpha value is -1.04. The molecule has 1 aliphatic heterocycles. The smallest absolute Gasteiger partial charge is 0.224 e. The monoisotopic (exact) mass is 334 g/mol. The number of aromatic nitrogens is 1. The SMILES string of the molecule is CN(C)c1cc(NC(=O)CCC2CCNC2)ccn1.Cl.Cl. The lowest BCUT2D eigenvalue weighted by atomic mass is 10.0. The molecule has 1 atom stereocenters. The number of hydrogen-bond donors (Lipinski definition) is 2. The predicted molar refractivity (Wildman–Crippen MR) is 91.9 cm³/mol. The van der Waals surface area contributed by atoms with Crippen LogP contribution in [0.2, 0.25) is 0 Å². The lowest BCUT2D eigenvalue weighted by Crippen LogP contribution is -2.16. The van der Waals surface area contributed by atoms with E-state index >= 15 is 0 Å². The second kappa shape index (κ2) is 9.82. The third-order valence-electron chi connectivity index (χ3n) is 3.43. The van der Waals surface area contributed by atoms with Gasteiger partial charge in [0.1, 0.15) is 5.82 Å². The van der Waals surface area contributed by atoms with Crippen molar-refractivity contribution >= 4 is 42.2 Å². The highest BCUT2D eigenvalue weighted by molar-refractivity contribution is 5.91. The summed E-state index contributed by atoms with van der Waals surface area (Å²) in [6.45, 7) is 2.14. The van der Waals surface area contributed by atoms with Gasteiger partial charge in [0.05, 0.1) is 0 Å². The lowest BCUT2D eigenvalue weighted by molar-refractivity contribution is -0.116. The molecule has 0 bridgehead atoms. The fourth-order valence-electron chi connectivity index (χ4n) is 2.26. The minimum Gasteiger partial charge on any atom is -0.363 e. The number of halogens is 2. The summed E-state index contributed by atoms with van der Waals surface area (Å²) in [4.78, 5) is 18.0. The van der Waals surface area contributed by atoms with E-state index in [9.17, 15) is 4.79 Å². The first-order valence-electron chi connectivity index (χ1n) is 6.79. The molecule has 1 aromatic heterocycles. The van der Waals surface area contributed by atoms with Crippen LogP contribution in [0.4, 0.5) is 11.5 Å². The van der Waals surface area contributed by atoms with E-state index < -0.39 is 0 Å². The molecule has 0 saturated carbocycles. The summed E-state index contributed by atoms with van der Waals surface area (Å²) in [5, 5.41) is 6.26. The highest BCUT2D eigenvalue weighted by Crippen LogP contribution is 2.17. The fraction of sp³-hybridized carbons (Fsp3) is 0.571. The zero-order chi connectivity index (χ0) is 13.7. The molecule has 7 heteroatoms. The van der Waals surface area contributed by atoms with Gasteiger partial charge >= 0.3 is 0 Å². The first-order valence-corrected chi connectivity index (χ1v) is 6.79. The van der Waals surface area contributed by atoms with Crippen molar-refractivity contribution in [1.29, 1.82) is 0 Å². The number of anilines is 2. The number of carbonyl (C=O) groups is 1. The van der Waals surface area contributed by atoms with E-state index in [0.717, 1.165) is 31.0 Å². The minimum absolute atomic E-state index is 0. The van der Waals surface area contributed by atoms with Crippen molar-refractivity contribution in [2.75, 3.05) is 37.4 Å². The van der Waals surface area contributed by atoms with Crippen molar-refractivity contribution < 1.29 is 4.79 Å². The van der Waals surface area contributed by atoms with Crippen LogP contribution in [0, 0.1) is 5.92 Å². The van der Waals surface area contributed by atoms with Crippen molar-refractivity contribution in [2.45, 2.75) is 19.3 Å². The summed E-state index contributed by atoms with van der Waals surface area (Å²) < 4.78 is 0. The Morgan fingerprint density at radius 2 is 2.24 bits per heavy atom. The van der Waals surface area contributed by atoms with Crippen LogP contribution in [0.25, 0.3) is 0 Å². The van der Waals surface area contributed by atoms with Gasteiger partial charge in [-0.25, -0.2) is 4.98 Å². The number of carbonyl (C=O) groups excluding carboxylic acids is 1. The van der Waals surface area contributed by atoms with Crippen LogP contribution in [0.1, 0.15) is 19.3 Å². The Labute approximate surface area is 138 Å². The number of hydrogen-bond acceptors (Lipinski definition) is 4. The normalized spacial score (nSPS) is 16.6.